The fraction of sp³-hybridized carbons (Fsp3) is 0.294. The number of Topliss-reactive ketones (excluding diaryl/α,β-unsaturated/α-hetero) is 1. The molecule has 1 amide bonds. The van der Waals surface area contributed by atoms with Crippen molar-refractivity contribution >= 4 is 57.3 Å². The molecule has 1 unspecified atom stereocenters. The molecule has 0 saturated carbocycles. The van der Waals surface area contributed by atoms with Gasteiger partial charge in [0.1, 0.15) is 11.5 Å². The van der Waals surface area contributed by atoms with Crippen molar-refractivity contribution in [3.63, 3.8) is 0 Å². The van der Waals surface area contributed by atoms with Gasteiger partial charge in [-0.1, -0.05) is 72.8 Å². The van der Waals surface area contributed by atoms with E-state index in [0.717, 1.165) is 12.0 Å². The number of hydrogen-bond acceptors (Lipinski definition) is 10. The summed E-state index contributed by atoms with van der Waals surface area (Å²) in [4.78, 5) is 28.7. The summed E-state index contributed by atoms with van der Waals surface area (Å²) in [5, 5.41) is 21.0. The van der Waals surface area contributed by atoms with Crippen LogP contribution in [0, 0.1) is 5.92 Å². The van der Waals surface area contributed by atoms with Gasteiger partial charge in [0.05, 0.1) is 31.9 Å². The lowest BCUT2D eigenvalue weighted by molar-refractivity contribution is -0.132. The zero-order valence-corrected chi connectivity index (χ0v) is 28.2. The van der Waals surface area contributed by atoms with Crippen molar-refractivity contribution in [1.82, 2.24) is 10.2 Å². The summed E-state index contributed by atoms with van der Waals surface area (Å²) >= 11 is 8.93. The molecule has 1 saturated heterocycles. The first-order valence-corrected chi connectivity index (χ1v) is 16.9. The summed E-state index contributed by atoms with van der Waals surface area (Å²) in [6, 6.07) is 18.4. The number of nitrogens with zero attached hydrogens (tertiary/aromatic N) is 3. The smallest absolute Gasteiger partial charge is 0.301 e. The molecule has 1 aliphatic heterocycles. The van der Waals surface area contributed by atoms with E-state index in [1.165, 1.54) is 35.1 Å². The Morgan fingerprint density at radius 1 is 1.04 bits per heavy atom. The number of anilines is 1. The lowest BCUT2D eigenvalue weighted by Gasteiger charge is -2.24. The van der Waals surface area contributed by atoms with Crippen LogP contribution in [0.4, 0.5) is 5.13 Å². The summed E-state index contributed by atoms with van der Waals surface area (Å²) < 4.78 is 17.8. The number of carbonyl (C=O) groups is 2. The molecule has 5 rings (SSSR count). The van der Waals surface area contributed by atoms with Crippen molar-refractivity contribution in [3.8, 4) is 17.2 Å². The molecule has 1 aliphatic rings. The van der Waals surface area contributed by atoms with Crippen LogP contribution in [0.3, 0.4) is 0 Å². The van der Waals surface area contributed by atoms with E-state index in [2.05, 4.69) is 24.0 Å². The summed E-state index contributed by atoms with van der Waals surface area (Å²) in [6.45, 7) is 6.99. The number of hydrogen-bond donors (Lipinski definition) is 1. The van der Waals surface area contributed by atoms with E-state index in [1.54, 1.807) is 42.5 Å². The number of aliphatic hydroxyl groups is 1. The number of thioether (sulfide) groups is 1. The van der Waals surface area contributed by atoms with Gasteiger partial charge in [0.15, 0.2) is 15.8 Å². The van der Waals surface area contributed by atoms with Gasteiger partial charge in [0, 0.05) is 16.3 Å². The standard InChI is InChI=1S/C34H34ClN3O6S2/c1-5-43-27-18-22(12-15-26(27)44-17-16-20(2)3)29-28(30(39)21-10-13-24(42-4)14-11-21)31(40)32(41)38(29)33-36-37-34(46-33)45-19-23-8-6-7-9-25(23)35/h6-15,18,20,29,39H,5,16-17,19H2,1-4H3/b30-28+. The van der Waals surface area contributed by atoms with E-state index < -0.39 is 17.7 Å². The van der Waals surface area contributed by atoms with Gasteiger partial charge in [-0.2, -0.15) is 0 Å². The first-order valence-electron chi connectivity index (χ1n) is 14.8. The Balaban J connectivity index is 1.56. The second-order valence-electron chi connectivity index (χ2n) is 10.8. The number of methoxy groups -OCH3 is 1. The first kappa shape index (κ1) is 33.3. The van der Waals surface area contributed by atoms with E-state index in [1.807, 2.05) is 31.2 Å². The number of rotatable bonds is 13. The number of aromatic nitrogens is 2. The predicted molar refractivity (Wildman–Crippen MR) is 181 cm³/mol. The molecule has 2 heterocycles. The summed E-state index contributed by atoms with van der Waals surface area (Å²) in [7, 11) is 1.54. The molecule has 1 aromatic heterocycles. The highest BCUT2D eigenvalue weighted by Gasteiger charge is 2.48. The average molecular weight is 680 g/mol. The van der Waals surface area contributed by atoms with Crippen LogP contribution < -0.4 is 19.1 Å². The molecule has 0 bridgehead atoms. The highest BCUT2D eigenvalue weighted by atomic mass is 35.5. The van der Waals surface area contributed by atoms with Crippen LogP contribution in [0.25, 0.3) is 5.76 Å². The van der Waals surface area contributed by atoms with E-state index in [9.17, 15) is 14.7 Å². The average Bonchev–Trinajstić information content (AvgIpc) is 3.62. The summed E-state index contributed by atoms with van der Waals surface area (Å²) in [6.07, 6.45) is 0.864. The van der Waals surface area contributed by atoms with Gasteiger partial charge in [-0.25, -0.2) is 0 Å². The van der Waals surface area contributed by atoms with Gasteiger partial charge < -0.3 is 19.3 Å². The van der Waals surface area contributed by atoms with Crippen molar-refractivity contribution in [1.29, 1.82) is 0 Å². The zero-order valence-electron chi connectivity index (χ0n) is 25.9. The highest BCUT2D eigenvalue weighted by Crippen LogP contribution is 2.46. The number of amides is 1. The molecule has 1 N–H and O–H groups in total. The Hall–Kier alpha value is -4.06. The molecule has 46 heavy (non-hydrogen) atoms. The quantitative estimate of drug-likeness (QED) is 0.0495. The molecule has 1 fully saturated rings. The molecule has 0 aliphatic carbocycles. The van der Waals surface area contributed by atoms with Crippen LogP contribution in [-0.2, 0) is 15.3 Å². The van der Waals surface area contributed by atoms with Crippen LogP contribution in [-0.4, -0.2) is 47.3 Å². The van der Waals surface area contributed by atoms with Crippen molar-refractivity contribution in [2.75, 3.05) is 25.2 Å². The van der Waals surface area contributed by atoms with Crippen molar-refractivity contribution in [3.05, 3.63) is 94.0 Å². The van der Waals surface area contributed by atoms with Crippen molar-refractivity contribution in [2.45, 2.75) is 43.3 Å². The number of aliphatic hydroxyl groups excluding tert-OH is 1. The number of halogens is 1. The third-order valence-electron chi connectivity index (χ3n) is 7.25. The van der Waals surface area contributed by atoms with E-state index in [0.29, 0.717) is 62.6 Å². The minimum atomic E-state index is -1.01. The molecule has 12 heteroatoms. The molecule has 0 radical (unpaired) electrons. The van der Waals surface area contributed by atoms with E-state index >= 15 is 0 Å². The second kappa shape index (κ2) is 15.0. The minimum Gasteiger partial charge on any atom is -0.507 e. The third kappa shape index (κ3) is 7.32. The highest BCUT2D eigenvalue weighted by molar-refractivity contribution is 8.00. The molecule has 240 valence electrons. The van der Waals surface area contributed by atoms with Crippen LogP contribution in [0.15, 0.2) is 76.6 Å². The Bertz CT molecular complexity index is 1740. The van der Waals surface area contributed by atoms with Gasteiger partial charge in [-0.15, -0.1) is 10.2 Å². The van der Waals surface area contributed by atoms with Gasteiger partial charge in [0.2, 0.25) is 5.13 Å². The van der Waals surface area contributed by atoms with Gasteiger partial charge in [-0.05, 0) is 72.9 Å². The SMILES string of the molecule is CCOc1cc(C2/C(=C(\O)c3ccc(OC)cc3)C(=O)C(=O)N2c2nnc(SCc3ccccc3Cl)s2)ccc1OCCC(C)C. The van der Waals surface area contributed by atoms with Crippen molar-refractivity contribution in [2.24, 2.45) is 5.92 Å². The Labute approximate surface area is 281 Å². The number of benzene rings is 3. The number of ether oxygens (including phenoxy) is 3. The Morgan fingerprint density at radius 2 is 1.80 bits per heavy atom. The molecular weight excluding hydrogens is 646 g/mol. The summed E-state index contributed by atoms with van der Waals surface area (Å²) in [5.74, 6) is 0.624. The van der Waals surface area contributed by atoms with Gasteiger partial charge in [0.25, 0.3) is 5.78 Å². The largest absolute Gasteiger partial charge is 0.507 e. The number of carbonyl (C=O) groups excluding carboxylic acids is 2. The monoisotopic (exact) mass is 679 g/mol. The van der Waals surface area contributed by atoms with Gasteiger partial charge >= 0.3 is 5.91 Å². The third-order valence-corrected chi connectivity index (χ3v) is 9.73. The van der Waals surface area contributed by atoms with Gasteiger partial charge in [-0.3, -0.25) is 14.5 Å². The predicted octanol–water partition coefficient (Wildman–Crippen LogP) is 7.94. The zero-order chi connectivity index (χ0) is 32.8. The molecule has 9 nitrogen and oxygen atoms in total. The Kier molecular flexibility index (Phi) is 10.9. The maximum Gasteiger partial charge on any atom is 0.301 e. The molecule has 4 aromatic rings. The number of ketones is 1. The summed E-state index contributed by atoms with van der Waals surface area (Å²) in [5.41, 5.74) is 1.75. The fourth-order valence-electron chi connectivity index (χ4n) is 4.85. The first-order chi connectivity index (χ1) is 22.2. The lowest BCUT2D eigenvalue weighted by Crippen LogP contribution is -2.29. The molecule has 1 atom stereocenters. The normalized spacial score (nSPS) is 15.9. The van der Waals surface area contributed by atoms with Crippen LogP contribution in [0.1, 0.15) is 49.9 Å². The molecule has 3 aromatic carbocycles. The molecular formula is C34H34ClN3O6S2. The van der Waals surface area contributed by atoms with Crippen LogP contribution >= 0.6 is 34.7 Å². The van der Waals surface area contributed by atoms with Crippen LogP contribution in [0.2, 0.25) is 5.02 Å². The maximum absolute atomic E-state index is 13.7. The van der Waals surface area contributed by atoms with Crippen molar-refractivity contribution < 1.29 is 28.9 Å². The topological polar surface area (TPSA) is 111 Å². The van der Waals surface area contributed by atoms with E-state index in [4.69, 9.17) is 25.8 Å². The molecule has 0 spiro atoms. The second-order valence-corrected chi connectivity index (χ2v) is 13.4. The van der Waals surface area contributed by atoms with E-state index in [-0.39, 0.29) is 16.5 Å². The maximum atomic E-state index is 13.7. The Morgan fingerprint density at radius 3 is 2.50 bits per heavy atom. The van der Waals surface area contributed by atoms with Crippen LogP contribution in [0.5, 0.6) is 17.2 Å². The fourth-order valence-corrected chi connectivity index (χ4v) is 7.00. The minimum absolute atomic E-state index is 0.0773. The lowest BCUT2D eigenvalue weighted by atomic mass is 9.95.